The van der Waals surface area contributed by atoms with E-state index in [4.69, 9.17) is 18.9 Å². The first-order chi connectivity index (χ1) is 8.31. The number of rotatable bonds is 13. The second-order valence-corrected chi connectivity index (χ2v) is 3.55. The Balaban J connectivity index is 3.01. The summed E-state index contributed by atoms with van der Waals surface area (Å²) in [5.41, 5.74) is 1.04. The molecule has 0 atom stereocenters. The minimum atomic E-state index is 0.578. The van der Waals surface area contributed by atoms with Gasteiger partial charge in [-0.1, -0.05) is 6.58 Å². The summed E-state index contributed by atoms with van der Waals surface area (Å²) < 4.78 is 20.8. The molecule has 0 saturated heterocycles. The zero-order valence-electron chi connectivity index (χ0n) is 11.0. The molecule has 5 heteroatoms. The highest BCUT2D eigenvalue weighted by Crippen LogP contribution is 1.89. The standard InChI is InChI=1S/C12H25NO4/c1-12(10-13-2)11-17-9-8-16-7-6-15-5-4-14-3/h13H,1,4-11H2,2-3H3. The minimum Gasteiger partial charge on any atom is -0.382 e. The fraction of sp³-hybridized carbons (Fsp3) is 0.833. The van der Waals surface area contributed by atoms with Gasteiger partial charge in [0.15, 0.2) is 0 Å². The second-order valence-electron chi connectivity index (χ2n) is 3.55. The summed E-state index contributed by atoms with van der Waals surface area (Å²) >= 11 is 0. The average molecular weight is 247 g/mol. The third-order valence-electron chi connectivity index (χ3n) is 1.91. The Morgan fingerprint density at radius 2 is 1.47 bits per heavy atom. The molecule has 0 aromatic heterocycles. The highest BCUT2D eigenvalue weighted by molar-refractivity contribution is 4.96. The molecular weight excluding hydrogens is 222 g/mol. The van der Waals surface area contributed by atoms with Crippen LogP contribution in [0.4, 0.5) is 0 Å². The van der Waals surface area contributed by atoms with Crippen LogP contribution < -0.4 is 5.32 Å². The van der Waals surface area contributed by atoms with Crippen molar-refractivity contribution in [3.63, 3.8) is 0 Å². The maximum atomic E-state index is 5.37. The lowest BCUT2D eigenvalue weighted by Crippen LogP contribution is -2.15. The van der Waals surface area contributed by atoms with E-state index in [1.165, 1.54) is 0 Å². The fourth-order valence-corrected chi connectivity index (χ4v) is 1.10. The van der Waals surface area contributed by atoms with E-state index in [0.29, 0.717) is 46.2 Å². The lowest BCUT2D eigenvalue weighted by molar-refractivity contribution is 0.00634. The summed E-state index contributed by atoms with van der Waals surface area (Å²) in [5, 5.41) is 3.02. The van der Waals surface area contributed by atoms with Gasteiger partial charge in [-0.2, -0.15) is 0 Å². The van der Waals surface area contributed by atoms with Gasteiger partial charge in [0.05, 0.1) is 46.2 Å². The van der Waals surface area contributed by atoms with E-state index < -0.39 is 0 Å². The monoisotopic (exact) mass is 247 g/mol. The first-order valence-electron chi connectivity index (χ1n) is 5.84. The van der Waals surface area contributed by atoms with Crippen LogP contribution >= 0.6 is 0 Å². The van der Waals surface area contributed by atoms with E-state index in [-0.39, 0.29) is 0 Å². The van der Waals surface area contributed by atoms with Crippen LogP contribution in [0, 0.1) is 0 Å². The van der Waals surface area contributed by atoms with Crippen molar-refractivity contribution in [2.24, 2.45) is 0 Å². The fourth-order valence-electron chi connectivity index (χ4n) is 1.10. The largest absolute Gasteiger partial charge is 0.382 e. The summed E-state index contributed by atoms with van der Waals surface area (Å²) in [6.45, 7) is 8.81. The van der Waals surface area contributed by atoms with Crippen LogP contribution in [0.5, 0.6) is 0 Å². The molecule has 0 aliphatic rings. The Hall–Kier alpha value is -0.460. The van der Waals surface area contributed by atoms with E-state index in [1.54, 1.807) is 7.11 Å². The molecule has 0 saturated carbocycles. The van der Waals surface area contributed by atoms with Crippen molar-refractivity contribution in [2.45, 2.75) is 0 Å². The van der Waals surface area contributed by atoms with Gasteiger partial charge in [0, 0.05) is 13.7 Å². The molecule has 0 aliphatic heterocycles. The molecule has 0 rings (SSSR count). The van der Waals surface area contributed by atoms with Gasteiger partial charge in [0.25, 0.3) is 0 Å². The number of hydrogen-bond donors (Lipinski definition) is 1. The van der Waals surface area contributed by atoms with Crippen molar-refractivity contribution in [3.05, 3.63) is 12.2 Å². The number of ether oxygens (including phenoxy) is 4. The molecule has 0 spiro atoms. The summed E-state index contributed by atoms with van der Waals surface area (Å²) in [6, 6.07) is 0. The Kier molecular flexibility index (Phi) is 13.2. The zero-order valence-corrected chi connectivity index (χ0v) is 11.0. The topological polar surface area (TPSA) is 49.0 Å². The predicted molar refractivity (Wildman–Crippen MR) is 67.4 cm³/mol. The van der Waals surface area contributed by atoms with Crippen LogP contribution in [0.1, 0.15) is 0 Å². The predicted octanol–water partition coefficient (Wildman–Crippen LogP) is 0.458. The van der Waals surface area contributed by atoms with Crippen molar-refractivity contribution >= 4 is 0 Å². The van der Waals surface area contributed by atoms with Crippen LogP contribution in [-0.2, 0) is 18.9 Å². The second kappa shape index (κ2) is 13.6. The molecule has 0 heterocycles. The molecule has 0 unspecified atom stereocenters. The van der Waals surface area contributed by atoms with E-state index in [2.05, 4.69) is 11.9 Å². The summed E-state index contributed by atoms with van der Waals surface area (Å²) in [5.74, 6) is 0. The lowest BCUT2D eigenvalue weighted by Gasteiger charge is -2.07. The van der Waals surface area contributed by atoms with Crippen LogP contribution in [-0.4, -0.2) is 67.0 Å². The molecule has 0 aliphatic carbocycles. The molecule has 5 nitrogen and oxygen atoms in total. The summed E-state index contributed by atoms with van der Waals surface area (Å²) in [6.07, 6.45) is 0. The van der Waals surface area contributed by atoms with Gasteiger partial charge < -0.3 is 24.3 Å². The Bertz CT molecular complexity index is 176. The number of nitrogens with one attached hydrogen (secondary N) is 1. The normalized spacial score (nSPS) is 10.7. The van der Waals surface area contributed by atoms with Gasteiger partial charge in [-0.25, -0.2) is 0 Å². The quantitative estimate of drug-likeness (QED) is 0.378. The first-order valence-corrected chi connectivity index (χ1v) is 5.84. The van der Waals surface area contributed by atoms with Gasteiger partial charge >= 0.3 is 0 Å². The van der Waals surface area contributed by atoms with Gasteiger partial charge in [0.2, 0.25) is 0 Å². The van der Waals surface area contributed by atoms with E-state index in [0.717, 1.165) is 12.1 Å². The SMILES string of the molecule is C=C(CNC)COCCOCCOCCOC. The van der Waals surface area contributed by atoms with Crippen LogP contribution in [0.25, 0.3) is 0 Å². The summed E-state index contributed by atoms with van der Waals surface area (Å²) in [7, 11) is 3.54. The molecule has 0 bridgehead atoms. The van der Waals surface area contributed by atoms with Crippen LogP contribution in [0.3, 0.4) is 0 Å². The van der Waals surface area contributed by atoms with Crippen molar-refractivity contribution in [1.82, 2.24) is 5.32 Å². The zero-order chi connectivity index (χ0) is 12.8. The van der Waals surface area contributed by atoms with Gasteiger partial charge in [-0.3, -0.25) is 0 Å². The molecule has 0 fully saturated rings. The van der Waals surface area contributed by atoms with Crippen molar-refractivity contribution in [2.75, 3.05) is 67.0 Å². The molecule has 0 aromatic carbocycles. The molecule has 17 heavy (non-hydrogen) atoms. The highest BCUT2D eigenvalue weighted by Gasteiger charge is 1.94. The molecule has 0 amide bonds. The lowest BCUT2D eigenvalue weighted by atomic mass is 10.3. The third-order valence-corrected chi connectivity index (χ3v) is 1.91. The van der Waals surface area contributed by atoms with Gasteiger partial charge in [-0.05, 0) is 12.6 Å². The van der Waals surface area contributed by atoms with E-state index >= 15 is 0 Å². The highest BCUT2D eigenvalue weighted by atomic mass is 16.6. The number of methoxy groups -OCH3 is 1. The third kappa shape index (κ3) is 13.5. The van der Waals surface area contributed by atoms with Crippen molar-refractivity contribution < 1.29 is 18.9 Å². The number of likely N-dealkylation sites (N-methyl/N-ethyl adjacent to an activating group) is 1. The maximum absolute atomic E-state index is 5.37. The minimum absolute atomic E-state index is 0.578. The Morgan fingerprint density at radius 1 is 0.941 bits per heavy atom. The van der Waals surface area contributed by atoms with Crippen molar-refractivity contribution in [1.29, 1.82) is 0 Å². The maximum Gasteiger partial charge on any atom is 0.0704 e. The Labute approximate surface area is 104 Å². The Morgan fingerprint density at radius 3 is 2.00 bits per heavy atom. The molecule has 1 N–H and O–H groups in total. The van der Waals surface area contributed by atoms with Gasteiger partial charge in [0.1, 0.15) is 0 Å². The summed E-state index contributed by atoms with van der Waals surface area (Å²) in [4.78, 5) is 0. The molecular formula is C12H25NO4. The smallest absolute Gasteiger partial charge is 0.0704 e. The van der Waals surface area contributed by atoms with E-state index in [9.17, 15) is 0 Å². The van der Waals surface area contributed by atoms with Crippen molar-refractivity contribution in [3.8, 4) is 0 Å². The number of hydrogen-bond acceptors (Lipinski definition) is 5. The van der Waals surface area contributed by atoms with Crippen LogP contribution in [0.2, 0.25) is 0 Å². The first kappa shape index (κ1) is 16.5. The molecule has 102 valence electrons. The van der Waals surface area contributed by atoms with Gasteiger partial charge in [-0.15, -0.1) is 0 Å². The van der Waals surface area contributed by atoms with E-state index in [1.807, 2.05) is 7.05 Å². The van der Waals surface area contributed by atoms with Crippen LogP contribution in [0.15, 0.2) is 12.2 Å². The average Bonchev–Trinajstić information content (AvgIpc) is 2.32. The molecule has 0 aromatic rings. The molecule has 0 radical (unpaired) electrons.